The minimum Gasteiger partial charge on any atom is -0.399 e. The summed E-state index contributed by atoms with van der Waals surface area (Å²) in [5.74, 6) is 0.0982. The quantitative estimate of drug-likeness (QED) is 0.674. The lowest BCUT2D eigenvalue weighted by atomic mass is 10.1. The fourth-order valence-corrected chi connectivity index (χ4v) is 2.76. The van der Waals surface area contributed by atoms with E-state index in [0.29, 0.717) is 36.5 Å². The summed E-state index contributed by atoms with van der Waals surface area (Å²) in [6.45, 7) is 3.03. The van der Waals surface area contributed by atoms with E-state index in [4.69, 9.17) is 5.73 Å². The maximum atomic E-state index is 12.5. The Morgan fingerprint density at radius 1 is 1.27 bits per heavy atom. The lowest BCUT2D eigenvalue weighted by Crippen LogP contribution is -2.35. The van der Waals surface area contributed by atoms with Gasteiger partial charge in [0.1, 0.15) is 0 Å². The van der Waals surface area contributed by atoms with Crippen LogP contribution in [-0.4, -0.2) is 28.1 Å². The van der Waals surface area contributed by atoms with Gasteiger partial charge in [-0.2, -0.15) is 0 Å². The van der Waals surface area contributed by atoms with Gasteiger partial charge in [0, 0.05) is 42.9 Å². The lowest BCUT2D eigenvalue weighted by Gasteiger charge is -2.27. The van der Waals surface area contributed by atoms with Gasteiger partial charge in [-0.05, 0) is 35.9 Å². The number of amides is 1. The predicted octanol–water partition coefficient (Wildman–Crippen LogP) is 2.39. The van der Waals surface area contributed by atoms with Gasteiger partial charge in [-0.15, -0.1) is 0 Å². The molecule has 3 rings (SSSR count). The van der Waals surface area contributed by atoms with Crippen molar-refractivity contribution in [1.82, 2.24) is 9.88 Å². The van der Waals surface area contributed by atoms with Crippen molar-refractivity contribution in [3.8, 4) is 0 Å². The summed E-state index contributed by atoms with van der Waals surface area (Å²) in [6.07, 6.45) is 1.22. The number of nitrogens with zero attached hydrogens (tertiary/aromatic N) is 1. The molecule has 0 bridgehead atoms. The molecule has 22 heavy (non-hydrogen) atoms. The number of fused-ring (bicyclic) bond motifs is 1. The van der Waals surface area contributed by atoms with Gasteiger partial charge in [-0.1, -0.05) is 6.92 Å². The molecule has 0 spiro atoms. The molecule has 3 N–H and O–H groups in total. The molecule has 0 unspecified atom stereocenters. The van der Waals surface area contributed by atoms with Crippen LogP contribution in [0.2, 0.25) is 0 Å². The zero-order chi connectivity index (χ0) is 15.7. The van der Waals surface area contributed by atoms with Gasteiger partial charge in [-0.25, -0.2) is 0 Å². The molecule has 5 heteroatoms. The number of carbonyl (C=O) groups excluding carboxylic acids is 2. The van der Waals surface area contributed by atoms with E-state index < -0.39 is 0 Å². The number of aromatic nitrogens is 1. The van der Waals surface area contributed by atoms with E-state index in [2.05, 4.69) is 4.98 Å². The Bertz CT molecular complexity index is 716. The highest BCUT2D eigenvalue weighted by atomic mass is 16.2. The van der Waals surface area contributed by atoms with E-state index in [1.54, 1.807) is 24.3 Å². The fraction of sp³-hybridized carbons (Fsp3) is 0.294. The van der Waals surface area contributed by atoms with E-state index in [1.165, 1.54) is 0 Å². The summed E-state index contributed by atoms with van der Waals surface area (Å²) in [5, 5.41) is 0. The summed E-state index contributed by atoms with van der Waals surface area (Å²) in [5.41, 5.74) is 9.68. The Balaban J connectivity index is 1.79. The van der Waals surface area contributed by atoms with Crippen molar-refractivity contribution in [2.45, 2.75) is 26.3 Å². The molecule has 0 fully saturated rings. The van der Waals surface area contributed by atoms with Crippen LogP contribution in [0.3, 0.4) is 0 Å². The van der Waals surface area contributed by atoms with E-state index in [9.17, 15) is 9.59 Å². The Hall–Kier alpha value is -2.56. The summed E-state index contributed by atoms with van der Waals surface area (Å²) in [6, 6.07) is 8.84. The third kappa shape index (κ3) is 2.62. The second-order valence-corrected chi connectivity index (χ2v) is 5.56. The van der Waals surface area contributed by atoms with Gasteiger partial charge in [-0.3, -0.25) is 9.59 Å². The lowest BCUT2D eigenvalue weighted by molar-refractivity contribution is 0.0734. The van der Waals surface area contributed by atoms with Gasteiger partial charge in [0.2, 0.25) is 0 Å². The number of aromatic amines is 1. The van der Waals surface area contributed by atoms with Gasteiger partial charge in [0.15, 0.2) is 5.78 Å². The largest absolute Gasteiger partial charge is 0.399 e. The molecule has 2 heterocycles. The van der Waals surface area contributed by atoms with Crippen LogP contribution in [0.25, 0.3) is 0 Å². The van der Waals surface area contributed by atoms with E-state index in [0.717, 1.165) is 17.7 Å². The van der Waals surface area contributed by atoms with Crippen molar-refractivity contribution >= 4 is 17.4 Å². The normalized spacial score (nSPS) is 13.8. The summed E-state index contributed by atoms with van der Waals surface area (Å²) >= 11 is 0. The molecule has 1 amide bonds. The van der Waals surface area contributed by atoms with Crippen LogP contribution in [0.15, 0.2) is 30.3 Å². The molecule has 1 aliphatic rings. The van der Waals surface area contributed by atoms with Crippen molar-refractivity contribution in [2.75, 3.05) is 12.3 Å². The predicted molar refractivity (Wildman–Crippen MR) is 84.7 cm³/mol. The number of ketones is 1. The molecule has 5 nitrogen and oxygen atoms in total. The Morgan fingerprint density at radius 2 is 2.00 bits per heavy atom. The van der Waals surface area contributed by atoms with Crippen LogP contribution in [0, 0.1) is 0 Å². The zero-order valence-corrected chi connectivity index (χ0v) is 12.6. The number of hydrogen-bond donors (Lipinski definition) is 2. The Kier molecular flexibility index (Phi) is 3.71. The number of benzene rings is 1. The minimum atomic E-state index is -0.00443. The van der Waals surface area contributed by atoms with Crippen molar-refractivity contribution in [3.05, 3.63) is 52.8 Å². The molecule has 0 aliphatic carbocycles. The van der Waals surface area contributed by atoms with Crippen LogP contribution in [0.4, 0.5) is 5.69 Å². The first-order chi connectivity index (χ1) is 10.6. The number of H-pyrrole nitrogens is 1. The third-order valence-electron chi connectivity index (χ3n) is 4.05. The molecular weight excluding hydrogens is 278 g/mol. The second-order valence-electron chi connectivity index (χ2n) is 5.56. The van der Waals surface area contributed by atoms with E-state index >= 15 is 0 Å². The average Bonchev–Trinajstić information content (AvgIpc) is 2.97. The number of Topliss-reactive ketones (excluding diaryl/α,β-unsaturated/α-hetero) is 1. The third-order valence-corrected chi connectivity index (χ3v) is 4.05. The van der Waals surface area contributed by atoms with Crippen LogP contribution < -0.4 is 5.73 Å². The van der Waals surface area contributed by atoms with Crippen LogP contribution in [0.1, 0.15) is 45.4 Å². The number of anilines is 1. The molecular formula is C17H19N3O2. The summed E-state index contributed by atoms with van der Waals surface area (Å²) in [4.78, 5) is 29.3. The fourth-order valence-electron chi connectivity index (χ4n) is 2.76. The maximum Gasteiger partial charge on any atom is 0.254 e. The van der Waals surface area contributed by atoms with Gasteiger partial charge < -0.3 is 15.6 Å². The van der Waals surface area contributed by atoms with Crippen LogP contribution in [-0.2, 0) is 13.0 Å². The van der Waals surface area contributed by atoms with Gasteiger partial charge in [0.25, 0.3) is 5.91 Å². The number of nitrogens with one attached hydrogen (secondary N) is 1. The zero-order valence-electron chi connectivity index (χ0n) is 12.6. The smallest absolute Gasteiger partial charge is 0.254 e. The Labute approximate surface area is 129 Å². The number of carbonyl (C=O) groups is 2. The first-order valence-corrected chi connectivity index (χ1v) is 7.47. The number of nitrogen functional groups attached to an aromatic ring is 1. The van der Waals surface area contributed by atoms with Crippen LogP contribution >= 0.6 is 0 Å². The van der Waals surface area contributed by atoms with Crippen molar-refractivity contribution in [3.63, 3.8) is 0 Å². The summed E-state index contributed by atoms with van der Waals surface area (Å²) in [7, 11) is 0. The topological polar surface area (TPSA) is 79.2 Å². The van der Waals surface area contributed by atoms with Crippen molar-refractivity contribution in [1.29, 1.82) is 0 Å². The minimum absolute atomic E-state index is 0.00443. The van der Waals surface area contributed by atoms with Gasteiger partial charge >= 0.3 is 0 Å². The molecule has 1 aromatic carbocycles. The molecule has 1 aromatic heterocycles. The standard InChI is InChI=1S/C17H19N3O2/c1-2-16(21)15-9-12-10-20(8-7-14(12)19-15)17(22)11-3-5-13(18)6-4-11/h3-6,9,19H,2,7-8,10,18H2,1H3. The molecule has 0 radical (unpaired) electrons. The second kappa shape index (κ2) is 5.67. The monoisotopic (exact) mass is 297 g/mol. The van der Waals surface area contributed by atoms with Gasteiger partial charge in [0.05, 0.1) is 5.69 Å². The number of rotatable bonds is 3. The first kappa shape index (κ1) is 14.4. The van der Waals surface area contributed by atoms with E-state index in [-0.39, 0.29) is 11.7 Å². The highest BCUT2D eigenvalue weighted by molar-refractivity contribution is 5.95. The molecule has 0 atom stereocenters. The van der Waals surface area contributed by atoms with Crippen molar-refractivity contribution < 1.29 is 9.59 Å². The average molecular weight is 297 g/mol. The first-order valence-electron chi connectivity index (χ1n) is 7.47. The highest BCUT2D eigenvalue weighted by Gasteiger charge is 2.24. The highest BCUT2D eigenvalue weighted by Crippen LogP contribution is 2.22. The molecule has 1 aliphatic heterocycles. The van der Waals surface area contributed by atoms with Crippen molar-refractivity contribution in [2.24, 2.45) is 0 Å². The molecule has 114 valence electrons. The summed E-state index contributed by atoms with van der Waals surface area (Å²) < 4.78 is 0. The molecule has 2 aromatic rings. The number of nitrogens with two attached hydrogens (primary N) is 1. The maximum absolute atomic E-state index is 12.5. The van der Waals surface area contributed by atoms with Crippen LogP contribution in [0.5, 0.6) is 0 Å². The number of hydrogen-bond acceptors (Lipinski definition) is 3. The molecule has 0 saturated heterocycles. The SMILES string of the molecule is CCC(=O)c1cc2c([nH]1)CCN(C(=O)c1ccc(N)cc1)C2. The Morgan fingerprint density at radius 3 is 2.68 bits per heavy atom. The molecule has 0 saturated carbocycles. The van der Waals surface area contributed by atoms with E-state index in [1.807, 2.05) is 17.9 Å².